The van der Waals surface area contributed by atoms with Crippen LogP contribution in [0.5, 0.6) is 0 Å². The SMILES string of the molecule is C[C@@H](CN(C)CCO)NC1(c2cc(F)cc(F)c2)CC1. The lowest BCUT2D eigenvalue weighted by atomic mass is 10.0. The molecule has 1 aromatic rings. The van der Waals surface area contributed by atoms with Crippen LogP contribution in [0.4, 0.5) is 8.78 Å². The summed E-state index contributed by atoms with van der Waals surface area (Å²) in [4.78, 5) is 2.03. The normalized spacial score (nSPS) is 18.3. The van der Waals surface area contributed by atoms with Gasteiger partial charge in [0.05, 0.1) is 6.61 Å². The van der Waals surface area contributed by atoms with E-state index in [1.54, 1.807) is 0 Å². The summed E-state index contributed by atoms with van der Waals surface area (Å²) in [6.45, 7) is 3.57. The van der Waals surface area contributed by atoms with Crippen molar-refractivity contribution >= 4 is 0 Å². The van der Waals surface area contributed by atoms with Crippen LogP contribution in [0.2, 0.25) is 0 Å². The van der Waals surface area contributed by atoms with Crippen LogP contribution in [0.3, 0.4) is 0 Å². The summed E-state index contributed by atoms with van der Waals surface area (Å²) in [5.41, 5.74) is 0.397. The zero-order valence-electron chi connectivity index (χ0n) is 12.0. The second-order valence-electron chi connectivity index (χ2n) is 5.77. The van der Waals surface area contributed by atoms with Gasteiger partial charge in [0, 0.05) is 30.7 Å². The van der Waals surface area contributed by atoms with E-state index in [4.69, 9.17) is 5.11 Å². The molecule has 3 nitrogen and oxygen atoms in total. The Morgan fingerprint density at radius 3 is 2.40 bits per heavy atom. The van der Waals surface area contributed by atoms with Crippen molar-refractivity contribution in [2.45, 2.75) is 31.3 Å². The van der Waals surface area contributed by atoms with E-state index in [2.05, 4.69) is 5.32 Å². The monoisotopic (exact) mass is 284 g/mol. The van der Waals surface area contributed by atoms with Crippen molar-refractivity contribution in [1.29, 1.82) is 0 Å². The molecule has 0 heterocycles. The molecular formula is C15H22F2N2O. The molecule has 0 aromatic heterocycles. The van der Waals surface area contributed by atoms with Gasteiger partial charge in [-0.15, -0.1) is 0 Å². The van der Waals surface area contributed by atoms with E-state index < -0.39 is 11.6 Å². The van der Waals surface area contributed by atoms with Crippen LogP contribution in [0.1, 0.15) is 25.3 Å². The quantitative estimate of drug-likeness (QED) is 0.802. The first-order valence-electron chi connectivity index (χ1n) is 6.99. The highest BCUT2D eigenvalue weighted by Crippen LogP contribution is 2.46. The number of halogens is 2. The van der Waals surface area contributed by atoms with Crippen molar-refractivity contribution in [3.63, 3.8) is 0 Å². The van der Waals surface area contributed by atoms with Gasteiger partial charge in [0.2, 0.25) is 0 Å². The Balaban J connectivity index is 2.01. The maximum atomic E-state index is 13.3. The van der Waals surface area contributed by atoms with E-state index in [0.717, 1.165) is 25.5 Å². The third kappa shape index (κ3) is 3.75. The smallest absolute Gasteiger partial charge is 0.126 e. The summed E-state index contributed by atoms with van der Waals surface area (Å²) in [6, 6.07) is 3.90. The lowest BCUT2D eigenvalue weighted by Gasteiger charge is -2.27. The minimum absolute atomic E-state index is 0.128. The highest BCUT2D eigenvalue weighted by Gasteiger charge is 2.45. The van der Waals surface area contributed by atoms with Crippen LogP contribution in [-0.4, -0.2) is 42.8 Å². The fraction of sp³-hybridized carbons (Fsp3) is 0.600. The maximum Gasteiger partial charge on any atom is 0.126 e. The van der Waals surface area contributed by atoms with Gasteiger partial charge >= 0.3 is 0 Å². The Hall–Kier alpha value is -1.04. The van der Waals surface area contributed by atoms with Crippen molar-refractivity contribution in [3.05, 3.63) is 35.4 Å². The lowest BCUT2D eigenvalue weighted by molar-refractivity contribution is 0.206. The topological polar surface area (TPSA) is 35.5 Å². The standard InChI is InChI=1S/C15H22F2N2O/c1-11(10-19(2)5-6-20)18-15(3-4-15)12-7-13(16)9-14(17)8-12/h7-9,11,18,20H,3-6,10H2,1-2H3/t11-/m0/s1. The highest BCUT2D eigenvalue weighted by atomic mass is 19.1. The number of hydrogen-bond donors (Lipinski definition) is 2. The summed E-state index contributed by atoms with van der Waals surface area (Å²) < 4.78 is 26.7. The van der Waals surface area contributed by atoms with Crippen LogP contribution in [-0.2, 0) is 5.54 Å². The molecule has 20 heavy (non-hydrogen) atoms. The van der Waals surface area contributed by atoms with Gasteiger partial charge in [0.25, 0.3) is 0 Å². The molecule has 1 saturated carbocycles. The summed E-state index contributed by atoms with van der Waals surface area (Å²) in [5, 5.41) is 12.4. The van der Waals surface area contributed by atoms with Crippen molar-refractivity contribution in [3.8, 4) is 0 Å². The average Bonchev–Trinajstić information content (AvgIpc) is 3.08. The molecule has 0 aliphatic heterocycles. The predicted molar refractivity (Wildman–Crippen MR) is 74.5 cm³/mol. The largest absolute Gasteiger partial charge is 0.395 e. The van der Waals surface area contributed by atoms with Crippen molar-refractivity contribution in [2.24, 2.45) is 0 Å². The van der Waals surface area contributed by atoms with Gasteiger partial charge in [-0.05, 0) is 44.5 Å². The Morgan fingerprint density at radius 1 is 1.30 bits per heavy atom. The number of aliphatic hydroxyl groups is 1. The molecule has 0 amide bonds. The number of benzene rings is 1. The Bertz CT molecular complexity index is 443. The molecule has 0 radical (unpaired) electrons. The molecule has 0 spiro atoms. The van der Waals surface area contributed by atoms with Crippen LogP contribution in [0.25, 0.3) is 0 Å². The molecule has 0 unspecified atom stereocenters. The van der Waals surface area contributed by atoms with Crippen molar-refractivity contribution < 1.29 is 13.9 Å². The number of nitrogens with one attached hydrogen (secondary N) is 1. The van der Waals surface area contributed by atoms with Gasteiger partial charge in [0.1, 0.15) is 11.6 Å². The van der Waals surface area contributed by atoms with Crippen LogP contribution >= 0.6 is 0 Å². The van der Waals surface area contributed by atoms with Gasteiger partial charge < -0.3 is 15.3 Å². The van der Waals surface area contributed by atoms with Gasteiger partial charge in [0.15, 0.2) is 0 Å². The van der Waals surface area contributed by atoms with Crippen LogP contribution < -0.4 is 5.32 Å². The molecule has 1 aliphatic rings. The van der Waals surface area contributed by atoms with E-state index in [1.807, 2.05) is 18.9 Å². The molecule has 1 fully saturated rings. The molecule has 5 heteroatoms. The molecule has 2 N–H and O–H groups in total. The minimum atomic E-state index is -0.530. The number of nitrogens with zero attached hydrogens (tertiary/aromatic N) is 1. The average molecular weight is 284 g/mol. The number of aliphatic hydroxyl groups excluding tert-OH is 1. The van der Waals surface area contributed by atoms with Crippen molar-refractivity contribution in [1.82, 2.24) is 10.2 Å². The summed E-state index contributed by atoms with van der Waals surface area (Å²) in [5.74, 6) is -1.06. The van der Waals surface area contributed by atoms with Crippen LogP contribution in [0, 0.1) is 11.6 Å². The van der Waals surface area contributed by atoms with Crippen molar-refractivity contribution in [2.75, 3.05) is 26.7 Å². The summed E-state index contributed by atoms with van der Waals surface area (Å²) in [6.07, 6.45) is 1.79. The number of rotatable bonds is 7. The van der Waals surface area contributed by atoms with Crippen LogP contribution in [0.15, 0.2) is 18.2 Å². The van der Waals surface area contributed by atoms with E-state index in [9.17, 15) is 8.78 Å². The number of hydrogen-bond acceptors (Lipinski definition) is 3. The third-order valence-electron chi connectivity index (χ3n) is 3.76. The molecule has 1 atom stereocenters. The first-order valence-corrected chi connectivity index (χ1v) is 6.99. The summed E-state index contributed by atoms with van der Waals surface area (Å²) >= 11 is 0. The first kappa shape index (κ1) is 15.4. The maximum absolute atomic E-state index is 13.3. The van der Waals surface area contributed by atoms with Gasteiger partial charge in [-0.1, -0.05) is 0 Å². The summed E-state index contributed by atoms with van der Waals surface area (Å²) in [7, 11) is 1.94. The van der Waals surface area contributed by atoms with E-state index in [-0.39, 0.29) is 18.2 Å². The highest BCUT2D eigenvalue weighted by molar-refractivity contribution is 5.31. The molecule has 0 bridgehead atoms. The molecule has 2 rings (SSSR count). The molecule has 1 aromatic carbocycles. The van der Waals surface area contributed by atoms with Gasteiger partial charge in [-0.25, -0.2) is 8.78 Å². The first-order chi connectivity index (χ1) is 9.45. The van der Waals surface area contributed by atoms with E-state index in [1.165, 1.54) is 12.1 Å². The van der Waals surface area contributed by atoms with Gasteiger partial charge in [-0.2, -0.15) is 0 Å². The van der Waals surface area contributed by atoms with E-state index >= 15 is 0 Å². The number of likely N-dealkylation sites (N-methyl/N-ethyl adjacent to an activating group) is 1. The predicted octanol–water partition coefficient (Wildman–Crippen LogP) is 1.86. The molecule has 0 saturated heterocycles. The molecular weight excluding hydrogens is 262 g/mol. The lowest BCUT2D eigenvalue weighted by Crippen LogP contribution is -2.43. The Kier molecular flexibility index (Phi) is 4.73. The molecule has 1 aliphatic carbocycles. The zero-order chi connectivity index (χ0) is 14.8. The zero-order valence-corrected chi connectivity index (χ0v) is 12.0. The third-order valence-corrected chi connectivity index (χ3v) is 3.76. The Labute approximate surface area is 118 Å². The van der Waals surface area contributed by atoms with E-state index in [0.29, 0.717) is 12.1 Å². The fourth-order valence-electron chi connectivity index (χ4n) is 2.72. The molecule has 112 valence electrons. The Morgan fingerprint density at radius 2 is 1.90 bits per heavy atom. The van der Waals surface area contributed by atoms with Gasteiger partial charge in [-0.3, -0.25) is 0 Å². The second-order valence-corrected chi connectivity index (χ2v) is 5.77. The minimum Gasteiger partial charge on any atom is -0.395 e. The second kappa shape index (κ2) is 6.16. The fourth-order valence-corrected chi connectivity index (χ4v) is 2.72.